The van der Waals surface area contributed by atoms with Crippen LogP contribution in [0.2, 0.25) is 0 Å². The Balaban J connectivity index is 1.90. The Hall–Kier alpha value is -3.33. The van der Waals surface area contributed by atoms with Crippen molar-refractivity contribution in [1.29, 1.82) is 0 Å². The first-order chi connectivity index (χ1) is 17.0. The SMILES string of the molecule is CC1CN(C(N)=O)C([C@H](c2nc(-c3cc(F)ccc3F)nn2Cc2ccccc2)C(C)(C)C)C(C)O1. The minimum Gasteiger partial charge on any atom is -0.372 e. The number of urea groups is 1. The highest BCUT2D eigenvalue weighted by Gasteiger charge is 2.47. The van der Waals surface area contributed by atoms with Gasteiger partial charge in [0.15, 0.2) is 5.82 Å². The third-order valence-electron chi connectivity index (χ3n) is 6.62. The van der Waals surface area contributed by atoms with Crippen LogP contribution in [0.15, 0.2) is 48.5 Å². The van der Waals surface area contributed by atoms with Crippen LogP contribution in [0.5, 0.6) is 0 Å². The van der Waals surface area contributed by atoms with E-state index < -0.39 is 29.1 Å². The predicted molar refractivity (Wildman–Crippen MR) is 133 cm³/mol. The number of ether oxygens (including phenoxy) is 1. The van der Waals surface area contributed by atoms with E-state index in [4.69, 9.17) is 15.5 Å². The fraction of sp³-hybridized carbons (Fsp3) is 0.444. The normalized spacial score (nSPS) is 21.4. The van der Waals surface area contributed by atoms with Gasteiger partial charge in [-0.3, -0.25) is 0 Å². The Morgan fingerprint density at radius 2 is 1.86 bits per heavy atom. The highest BCUT2D eigenvalue weighted by atomic mass is 19.1. The van der Waals surface area contributed by atoms with E-state index in [1.807, 2.05) is 65.0 Å². The molecule has 1 aromatic heterocycles. The molecule has 4 atom stereocenters. The lowest BCUT2D eigenvalue weighted by molar-refractivity contribution is -0.104. The van der Waals surface area contributed by atoms with Gasteiger partial charge >= 0.3 is 6.03 Å². The molecule has 2 heterocycles. The zero-order valence-corrected chi connectivity index (χ0v) is 21.3. The standard InChI is InChI=1S/C27H33F2N5O2/c1-16-14-33(26(30)35)23(17(2)36-16)22(27(3,4)5)25-31-24(20-13-19(28)11-12-21(20)29)32-34(25)15-18-9-7-6-8-10-18/h6-13,16-17,22-23H,14-15H2,1-5H3,(H2,30,35)/t16?,17?,22-,23?/m1/s1. The summed E-state index contributed by atoms with van der Waals surface area (Å²) in [5.41, 5.74) is 6.36. The van der Waals surface area contributed by atoms with E-state index in [9.17, 15) is 13.6 Å². The number of carbonyl (C=O) groups is 1. The van der Waals surface area contributed by atoms with E-state index >= 15 is 0 Å². The minimum absolute atomic E-state index is 0.0240. The molecule has 3 unspecified atom stereocenters. The summed E-state index contributed by atoms with van der Waals surface area (Å²) in [6, 6.07) is 11.9. The zero-order valence-electron chi connectivity index (χ0n) is 21.3. The molecule has 192 valence electrons. The highest BCUT2D eigenvalue weighted by molar-refractivity contribution is 5.73. The van der Waals surface area contributed by atoms with Gasteiger partial charge in [0.1, 0.15) is 17.5 Å². The van der Waals surface area contributed by atoms with Crippen LogP contribution in [0.25, 0.3) is 11.4 Å². The number of benzene rings is 2. The molecule has 2 amide bonds. The summed E-state index contributed by atoms with van der Waals surface area (Å²) in [6.45, 7) is 10.7. The van der Waals surface area contributed by atoms with Crippen LogP contribution in [-0.2, 0) is 11.3 Å². The summed E-state index contributed by atoms with van der Waals surface area (Å²) < 4.78 is 36.7. The summed E-state index contributed by atoms with van der Waals surface area (Å²) in [4.78, 5) is 19.0. The molecule has 9 heteroatoms. The van der Waals surface area contributed by atoms with Gasteiger partial charge in [0.05, 0.1) is 30.4 Å². The fourth-order valence-corrected chi connectivity index (χ4v) is 5.12. The van der Waals surface area contributed by atoms with Gasteiger partial charge in [0, 0.05) is 12.5 Å². The lowest BCUT2D eigenvalue weighted by Gasteiger charge is -2.48. The Labute approximate surface area is 210 Å². The number of carbonyl (C=O) groups excluding carboxylic acids is 1. The third-order valence-corrected chi connectivity index (χ3v) is 6.62. The van der Waals surface area contributed by atoms with Crippen molar-refractivity contribution in [3.05, 3.63) is 71.6 Å². The number of primary amides is 1. The van der Waals surface area contributed by atoms with Crippen molar-refractivity contribution in [3.8, 4) is 11.4 Å². The second-order valence-corrected chi connectivity index (χ2v) is 10.5. The van der Waals surface area contributed by atoms with Crippen molar-refractivity contribution in [2.45, 2.75) is 65.3 Å². The Morgan fingerprint density at radius 3 is 2.50 bits per heavy atom. The van der Waals surface area contributed by atoms with Gasteiger partial charge in [0.25, 0.3) is 0 Å². The number of amides is 2. The molecule has 1 aliphatic heterocycles. The summed E-state index contributed by atoms with van der Waals surface area (Å²) >= 11 is 0. The van der Waals surface area contributed by atoms with Crippen molar-refractivity contribution < 1.29 is 18.3 Å². The van der Waals surface area contributed by atoms with E-state index in [1.54, 1.807) is 9.58 Å². The maximum atomic E-state index is 14.7. The topological polar surface area (TPSA) is 86.3 Å². The lowest BCUT2D eigenvalue weighted by atomic mass is 9.73. The second kappa shape index (κ2) is 9.97. The summed E-state index contributed by atoms with van der Waals surface area (Å²) in [5, 5.41) is 4.64. The maximum Gasteiger partial charge on any atom is 0.315 e. The van der Waals surface area contributed by atoms with Gasteiger partial charge in [-0.05, 0) is 43.0 Å². The second-order valence-electron chi connectivity index (χ2n) is 10.5. The molecular formula is C27H33F2N5O2. The average Bonchev–Trinajstić information content (AvgIpc) is 3.19. The van der Waals surface area contributed by atoms with Crippen LogP contribution in [-0.4, -0.2) is 50.5 Å². The molecule has 0 radical (unpaired) electrons. The Morgan fingerprint density at radius 1 is 1.17 bits per heavy atom. The number of rotatable bonds is 5. The van der Waals surface area contributed by atoms with Gasteiger partial charge in [-0.1, -0.05) is 51.1 Å². The van der Waals surface area contributed by atoms with Crippen LogP contribution < -0.4 is 5.73 Å². The number of halogens is 2. The van der Waals surface area contributed by atoms with Crippen LogP contribution in [0.3, 0.4) is 0 Å². The van der Waals surface area contributed by atoms with E-state index in [-0.39, 0.29) is 29.5 Å². The van der Waals surface area contributed by atoms with Crippen molar-refractivity contribution in [2.75, 3.05) is 6.54 Å². The number of aromatic nitrogens is 3. The number of hydrogen-bond acceptors (Lipinski definition) is 4. The monoisotopic (exact) mass is 497 g/mol. The maximum absolute atomic E-state index is 14.7. The number of hydrogen-bond donors (Lipinski definition) is 1. The van der Waals surface area contributed by atoms with Gasteiger partial charge in [-0.25, -0.2) is 23.2 Å². The largest absolute Gasteiger partial charge is 0.372 e. The van der Waals surface area contributed by atoms with Crippen molar-refractivity contribution in [3.63, 3.8) is 0 Å². The zero-order chi connectivity index (χ0) is 26.2. The van der Waals surface area contributed by atoms with Crippen molar-refractivity contribution in [2.24, 2.45) is 11.1 Å². The Bertz CT molecular complexity index is 1220. The van der Waals surface area contributed by atoms with Gasteiger partial charge in [-0.15, -0.1) is 0 Å². The van der Waals surface area contributed by atoms with Crippen LogP contribution >= 0.6 is 0 Å². The molecular weight excluding hydrogens is 464 g/mol. The number of nitrogens with two attached hydrogens (primary N) is 1. The van der Waals surface area contributed by atoms with Gasteiger partial charge < -0.3 is 15.4 Å². The summed E-state index contributed by atoms with van der Waals surface area (Å²) in [7, 11) is 0. The van der Waals surface area contributed by atoms with Gasteiger partial charge in [0.2, 0.25) is 0 Å². The summed E-state index contributed by atoms with van der Waals surface area (Å²) in [5.74, 6) is -0.951. The minimum atomic E-state index is -0.617. The molecule has 1 aliphatic rings. The molecule has 1 saturated heterocycles. The average molecular weight is 498 g/mol. The first-order valence-corrected chi connectivity index (χ1v) is 12.1. The molecule has 7 nitrogen and oxygen atoms in total. The van der Waals surface area contributed by atoms with E-state index in [2.05, 4.69) is 5.10 Å². The van der Waals surface area contributed by atoms with E-state index in [0.29, 0.717) is 18.9 Å². The molecule has 0 saturated carbocycles. The molecule has 1 fully saturated rings. The molecule has 0 bridgehead atoms. The first-order valence-electron chi connectivity index (χ1n) is 12.1. The molecule has 2 aromatic carbocycles. The molecule has 2 N–H and O–H groups in total. The van der Waals surface area contributed by atoms with Crippen LogP contribution in [0.1, 0.15) is 51.9 Å². The molecule has 0 aliphatic carbocycles. The van der Waals surface area contributed by atoms with Crippen LogP contribution in [0, 0.1) is 17.0 Å². The number of nitrogens with zero attached hydrogens (tertiary/aromatic N) is 4. The molecule has 4 rings (SSSR count). The number of morpholine rings is 1. The quantitative estimate of drug-likeness (QED) is 0.540. The van der Waals surface area contributed by atoms with Crippen molar-refractivity contribution in [1.82, 2.24) is 19.7 Å². The predicted octanol–water partition coefficient (Wildman–Crippen LogP) is 4.96. The molecule has 0 spiro atoms. The van der Waals surface area contributed by atoms with Gasteiger partial charge in [-0.2, -0.15) is 5.10 Å². The van der Waals surface area contributed by atoms with Crippen LogP contribution in [0.4, 0.5) is 13.6 Å². The lowest BCUT2D eigenvalue weighted by Crippen LogP contribution is -2.61. The fourth-order valence-electron chi connectivity index (χ4n) is 5.12. The van der Waals surface area contributed by atoms with E-state index in [1.165, 1.54) is 0 Å². The first kappa shape index (κ1) is 25.8. The smallest absolute Gasteiger partial charge is 0.315 e. The van der Waals surface area contributed by atoms with Crippen molar-refractivity contribution >= 4 is 6.03 Å². The van der Waals surface area contributed by atoms with E-state index in [0.717, 1.165) is 23.8 Å². The third kappa shape index (κ3) is 5.26. The Kier molecular flexibility index (Phi) is 7.13. The molecule has 36 heavy (non-hydrogen) atoms. The highest BCUT2D eigenvalue weighted by Crippen LogP contribution is 2.43. The summed E-state index contributed by atoms with van der Waals surface area (Å²) in [6.07, 6.45) is -0.523. The molecule has 3 aromatic rings.